The van der Waals surface area contributed by atoms with Crippen LogP contribution in [0, 0.1) is 0 Å². The summed E-state index contributed by atoms with van der Waals surface area (Å²) in [5.74, 6) is 0.0232. The van der Waals surface area contributed by atoms with E-state index in [0.717, 1.165) is 19.3 Å². The fourth-order valence-corrected chi connectivity index (χ4v) is 2.99. The number of carbonyl (C=O) groups is 2. The first-order valence-electron chi connectivity index (χ1n) is 7.79. The largest absolute Gasteiger partial charge is 0.340 e. The van der Waals surface area contributed by atoms with Gasteiger partial charge in [-0.2, -0.15) is 0 Å². The first kappa shape index (κ1) is 15.1. The van der Waals surface area contributed by atoms with Crippen LogP contribution in [0.15, 0.2) is 11.6 Å². The van der Waals surface area contributed by atoms with Crippen LogP contribution >= 0.6 is 0 Å². The Balaban J connectivity index is 2.05. The molecule has 4 nitrogen and oxygen atoms in total. The molecule has 1 heterocycles. The maximum absolute atomic E-state index is 12.6. The van der Waals surface area contributed by atoms with Crippen molar-refractivity contribution in [1.82, 2.24) is 10.2 Å². The van der Waals surface area contributed by atoms with Crippen molar-refractivity contribution in [2.75, 3.05) is 6.54 Å². The SMILES string of the molecule is CCC1(C)NC(=O)C(C)N(CCC2=CCCCC2)C1=O. The highest BCUT2D eigenvalue weighted by Gasteiger charge is 2.44. The molecule has 0 aromatic carbocycles. The first-order valence-corrected chi connectivity index (χ1v) is 7.79. The minimum absolute atomic E-state index is 0.0356. The molecule has 112 valence electrons. The standard InChI is InChI=1S/C16H26N2O2/c1-4-16(3)15(20)18(12(2)14(19)17-16)11-10-13-8-6-5-7-9-13/h8,12H,4-7,9-11H2,1-3H3,(H,17,19). The van der Waals surface area contributed by atoms with E-state index >= 15 is 0 Å². The minimum atomic E-state index is -0.732. The van der Waals surface area contributed by atoms with Crippen LogP contribution in [-0.2, 0) is 9.59 Å². The van der Waals surface area contributed by atoms with Crippen molar-refractivity contribution in [2.45, 2.75) is 70.9 Å². The number of rotatable bonds is 4. The second-order valence-electron chi connectivity index (χ2n) is 6.21. The zero-order valence-corrected chi connectivity index (χ0v) is 12.9. The van der Waals surface area contributed by atoms with Gasteiger partial charge in [-0.1, -0.05) is 18.6 Å². The lowest BCUT2D eigenvalue weighted by Gasteiger charge is -2.43. The van der Waals surface area contributed by atoms with E-state index in [1.165, 1.54) is 18.4 Å². The summed E-state index contributed by atoms with van der Waals surface area (Å²) in [6.07, 6.45) is 8.68. The summed E-state index contributed by atoms with van der Waals surface area (Å²) in [6, 6.07) is -0.355. The fraction of sp³-hybridized carbons (Fsp3) is 0.750. The molecule has 2 aliphatic rings. The van der Waals surface area contributed by atoms with E-state index in [0.29, 0.717) is 13.0 Å². The molecule has 1 saturated heterocycles. The quantitative estimate of drug-likeness (QED) is 0.803. The van der Waals surface area contributed by atoms with Crippen molar-refractivity contribution in [2.24, 2.45) is 0 Å². The predicted octanol–water partition coefficient (Wildman–Crippen LogP) is 2.39. The van der Waals surface area contributed by atoms with E-state index in [-0.39, 0.29) is 17.9 Å². The Kier molecular flexibility index (Phi) is 4.51. The average Bonchev–Trinajstić information content (AvgIpc) is 2.46. The molecule has 0 radical (unpaired) electrons. The lowest BCUT2D eigenvalue weighted by molar-refractivity contribution is -0.153. The number of piperazine rings is 1. The molecule has 2 atom stereocenters. The molecule has 0 aromatic rings. The molecule has 0 bridgehead atoms. The third-order valence-corrected chi connectivity index (χ3v) is 4.74. The van der Waals surface area contributed by atoms with E-state index in [1.54, 1.807) is 4.90 Å². The van der Waals surface area contributed by atoms with Gasteiger partial charge in [-0.25, -0.2) is 0 Å². The van der Waals surface area contributed by atoms with Crippen LogP contribution in [0.5, 0.6) is 0 Å². The number of nitrogens with one attached hydrogen (secondary N) is 1. The first-order chi connectivity index (χ1) is 9.48. The van der Waals surface area contributed by atoms with Crippen molar-refractivity contribution in [3.63, 3.8) is 0 Å². The summed E-state index contributed by atoms with van der Waals surface area (Å²) < 4.78 is 0. The highest BCUT2D eigenvalue weighted by Crippen LogP contribution is 2.24. The molecule has 2 amide bonds. The van der Waals surface area contributed by atoms with E-state index in [9.17, 15) is 9.59 Å². The molecule has 1 aliphatic carbocycles. The lowest BCUT2D eigenvalue weighted by atomic mass is 9.91. The predicted molar refractivity (Wildman–Crippen MR) is 79.2 cm³/mol. The molecule has 1 fully saturated rings. The number of allylic oxidation sites excluding steroid dienone is 1. The third-order valence-electron chi connectivity index (χ3n) is 4.74. The van der Waals surface area contributed by atoms with Crippen LogP contribution in [0.25, 0.3) is 0 Å². The van der Waals surface area contributed by atoms with Gasteiger partial charge in [-0.05, 0) is 52.4 Å². The Morgan fingerprint density at radius 1 is 1.40 bits per heavy atom. The normalized spacial score (nSPS) is 31.1. The Morgan fingerprint density at radius 2 is 2.15 bits per heavy atom. The lowest BCUT2D eigenvalue weighted by Crippen LogP contribution is -2.68. The van der Waals surface area contributed by atoms with Gasteiger partial charge in [0.2, 0.25) is 11.8 Å². The number of carbonyl (C=O) groups excluding carboxylic acids is 2. The van der Waals surface area contributed by atoms with Gasteiger partial charge in [-0.15, -0.1) is 0 Å². The molecular weight excluding hydrogens is 252 g/mol. The molecule has 1 aliphatic heterocycles. The van der Waals surface area contributed by atoms with Gasteiger partial charge >= 0.3 is 0 Å². The van der Waals surface area contributed by atoms with E-state index in [1.807, 2.05) is 20.8 Å². The van der Waals surface area contributed by atoms with E-state index in [2.05, 4.69) is 11.4 Å². The van der Waals surface area contributed by atoms with Crippen molar-refractivity contribution < 1.29 is 9.59 Å². The van der Waals surface area contributed by atoms with Gasteiger partial charge in [-0.3, -0.25) is 9.59 Å². The topological polar surface area (TPSA) is 49.4 Å². The van der Waals surface area contributed by atoms with Crippen molar-refractivity contribution in [3.8, 4) is 0 Å². The highest BCUT2D eigenvalue weighted by atomic mass is 16.2. The number of amides is 2. The molecule has 20 heavy (non-hydrogen) atoms. The smallest absolute Gasteiger partial charge is 0.248 e. The summed E-state index contributed by atoms with van der Waals surface area (Å²) in [6.45, 7) is 6.24. The monoisotopic (exact) mass is 278 g/mol. The second kappa shape index (κ2) is 5.98. The molecule has 0 spiro atoms. The molecule has 2 rings (SSSR count). The zero-order valence-electron chi connectivity index (χ0n) is 12.9. The van der Waals surface area contributed by atoms with Crippen molar-refractivity contribution in [1.29, 1.82) is 0 Å². The van der Waals surface area contributed by atoms with Gasteiger partial charge in [0.05, 0.1) is 0 Å². The van der Waals surface area contributed by atoms with E-state index in [4.69, 9.17) is 0 Å². The Hall–Kier alpha value is -1.32. The van der Waals surface area contributed by atoms with Crippen molar-refractivity contribution in [3.05, 3.63) is 11.6 Å². The minimum Gasteiger partial charge on any atom is -0.340 e. The zero-order chi connectivity index (χ0) is 14.8. The van der Waals surface area contributed by atoms with Crippen LogP contribution in [0.4, 0.5) is 0 Å². The van der Waals surface area contributed by atoms with Crippen LogP contribution < -0.4 is 5.32 Å². The van der Waals surface area contributed by atoms with Crippen LogP contribution in [0.1, 0.15) is 59.3 Å². The maximum atomic E-state index is 12.6. The van der Waals surface area contributed by atoms with Crippen molar-refractivity contribution >= 4 is 11.8 Å². The number of hydrogen-bond donors (Lipinski definition) is 1. The Morgan fingerprint density at radius 3 is 2.75 bits per heavy atom. The average molecular weight is 278 g/mol. The van der Waals surface area contributed by atoms with Gasteiger partial charge in [0, 0.05) is 6.54 Å². The molecule has 0 aromatic heterocycles. The molecule has 1 N–H and O–H groups in total. The Bertz CT molecular complexity index is 430. The number of hydrogen-bond acceptors (Lipinski definition) is 2. The van der Waals surface area contributed by atoms with Crippen LogP contribution in [0.2, 0.25) is 0 Å². The van der Waals surface area contributed by atoms with Crippen LogP contribution in [-0.4, -0.2) is 34.8 Å². The van der Waals surface area contributed by atoms with E-state index < -0.39 is 5.54 Å². The summed E-state index contributed by atoms with van der Waals surface area (Å²) in [5.41, 5.74) is 0.713. The maximum Gasteiger partial charge on any atom is 0.248 e. The summed E-state index contributed by atoms with van der Waals surface area (Å²) in [5, 5.41) is 2.87. The van der Waals surface area contributed by atoms with Gasteiger partial charge < -0.3 is 10.2 Å². The van der Waals surface area contributed by atoms with Gasteiger partial charge in [0.25, 0.3) is 0 Å². The molecule has 4 heteroatoms. The molecular formula is C16H26N2O2. The van der Waals surface area contributed by atoms with Crippen LogP contribution in [0.3, 0.4) is 0 Å². The summed E-state index contributed by atoms with van der Waals surface area (Å²) in [4.78, 5) is 26.4. The number of nitrogens with zero attached hydrogens (tertiary/aromatic N) is 1. The third kappa shape index (κ3) is 2.89. The van der Waals surface area contributed by atoms with Gasteiger partial charge in [0.15, 0.2) is 0 Å². The molecule has 2 unspecified atom stereocenters. The summed E-state index contributed by atoms with van der Waals surface area (Å²) >= 11 is 0. The Labute approximate surface area is 121 Å². The van der Waals surface area contributed by atoms with Gasteiger partial charge in [0.1, 0.15) is 11.6 Å². The fourth-order valence-electron chi connectivity index (χ4n) is 2.99. The highest BCUT2D eigenvalue weighted by molar-refractivity contribution is 5.99. The molecule has 0 saturated carbocycles. The second-order valence-corrected chi connectivity index (χ2v) is 6.21. The summed E-state index contributed by atoms with van der Waals surface area (Å²) in [7, 11) is 0.